The number of nitrogens with one attached hydrogen (secondary N) is 1. The summed E-state index contributed by atoms with van der Waals surface area (Å²) in [6.07, 6.45) is 7.53. The monoisotopic (exact) mass is 268 g/mol. The first-order chi connectivity index (χ1) is 9.78. The topological polar surface area (TPSA) is 19.0 Å². The summed E-state index contributed by atoms with van der Waals surface area (Å²) in [5, 5.41) is 1.53. The van der Waals surface area contributed by atoms with Crippen LogP contribution in [0.25, 0.3) is 10.9 Å². The van der Waals surface area contributed by atoms with Crippen molar-refractivity contribution in [2.45, 2.75) is 44.6 Å². The largest absolute Gasteiger partial charge is 0.361 e. The lowest BCUT2D eigenvalue weighted by atomic mass is 9.72. The Labute approximate surface area is 121 Å². The van der Waals surface area contributed by atoms with E-state index >= 15 is 0 Å². The highest BCUT2D eigenvalue weighted by molar-refractivity contribution is 5.88. The summed E-state index contributed by atoms with van der Waals surface area (Å²) < 4.78 is 0. The van der Waals surface area contributed by atoms with E-state index in [-0.39, 0.29) is 0 Å². The number of aromatic nitrogens is 1. The minimum atomic E-state index is 0.706. The van der Waals surface area contributed by atoms with Gasteiger partial charge in [0, 0.05) is 35.6 Å². The van der Waals surface area contributed by atoms with Crippen molar-refractivity contribution in [1.29, 1.82) is 0 Å². The zero-order valence-corrected chi connectivity index (χ0v) is 12.5. The molecule has 2 aromatic rings. The molecule has 20 heavy (non-hydrogen) atoms. The summed E-state index contributed by atoms with van der Waals surface area (Å²) in [5.74, 6) is 1.61. The first kappa shape index (κ1) is 12.5. The van der Waals surface area contributed by atoms with Gasteiger partial charge in [0.25, 0.3) is 0 Å². The maximum atomic E-state index is 3.46. The number of likely N-dealkylation sites (tertiary alicyclic amines) is 1. The van der Waals surface area contributed by atoms with E-state index in [2.05, 4.69) is 48.3 Å². The lowest BCUT2D eigenvalue weighted by molar-refractivity contribution is 0.107. The molecule has 4 rings (SSSR count). The molecule has 0 saturated carbocycles. The van der Waals surface area contributed by atoms with Crippen LogP contribution in [0.3, 0.4) is 0 Å². The molecular weight excluding hydrogens is 244 g/mol. The number of hydrogen-bond acceptors (Lipinski definition) is 1. The number of likely N-dealkylation sites (N-methyl/N-ethyl adjacent to an activating group) is 1. The average molecular weight is 268 g/mol. The van der Waals surface area contributed by atoms with Crippen LogP contribution in [0.2, 0.25) is 0 Å². The number of benzene rings is 1. The molecule has 2 nitrogen and oxygen atoms in total. The highest BCUT2D eigenvalue weighted by Crippen LogP contribution is 2.44. The van der Waals surface area contributed by atoms with Gasteiger partial charge in [0.2, 0.25) is 0 Å². The number of nitrogens with zero attached hydrogens (tertiary/aromatic N) is 1. The number of piperidine rings is 1. The molecule has 0 amide bonds. The summed E-state index contributed by atoms with van der Waals surface area (Å²) in [6, 6.07) is 7.53. The van der Waals surface area contributed by atoms with Crippen LogP contribution >= 0.6 is 0 Å². The fraction of sp³-hybridized carbons (Fsp3) is 0.556. The smallest absolute Gasteiger partial charge is 0.0459 e. The Morgan fingerprint density at radius 3 is 3.10 bits per heavy atom. The summed E-state index contributed by atoms with van der Waals surface area (Å²) >= 11 is 0. The Morgan fingerprint density at radius 1 is 1.35 bits per heavy atom. The Kier molecular flexibility index (Phi) is 2.88. The van der Waals surface area contributed by atoms with Crippen LogP contribution in [0.5, 0.6) is 0 Å². The Balaban J connectivity index is 1.79. The standard InChI is InChI=1S/C18H24N2/c1-3-5-12-8-15-14-6-4-7-16-18(14)13(10-19-16)9-17(15)20(2)11-12/h4,6-7,10,12,15,17,19H,3,5,8-9,11H2,1-2H3/t12?,15-,17-/m1/s1. The van der Waals surface area contributed by atoms with Crippen LogP contribution in [0.15, 0.2) is 24.4 Å². The fourth-order valence-electron chi connectivity index (χ4n) is 4.67. The first-order valence-corrected chi connectivity index (χ1v) is 8.07. The maximum absolute atomic E-state index is 3.46. The highest BCUT2D eigenvalue weighted by Gasteiger charge is 2.38. The zero-order valence-electron chi connectivity index (χ0n) is 12.5. The van der Waals surface area contributed by atoms with Gasteiger partial charge in [0.1, 0.15) is 0 Å². The second kappa shape index (κ2) is 4.63. The molecule has 1 saturated heterocycles. The van der Waals surface area contributed by atoms with Gasteiger partial charge in [-0.15, -0.1) is 0 Å². The molecule has 2 heteroatoms. The van der Waals surface area contributed by atoms with Crippen molar-refractivity contribution in [3.05, 3.63) is 35.5 Å². The number of aromatic amines is 1. The molecule has 0 bridgehead atoms. The molecule has 1 N–H and O–H groups in total. The van der Waals surface area contributed by atoms with E-state index in [1.165, 1.54) is 48.7 Å². The van der Waals surface area contributed by atoms with E-state index in [0.717, 1.165) is 11.8 Å². The molecule has 0 spiro atoms. The predicted octanol–water partition coefficient (Wildman–Crippen LogP) is 3.93. The van der Waals surface area contributed by atoms with Gasteiger partial charge in [-0.25, -0.2) is 0 Å². The van der Waals surface area contributed by atoms with Crippen LogP contribution in [0.4, 0.5) is 0 Å². The third kappa shape index (κ3) is 1.74. The van der Waals surface area contributed by atoms with Crippen LogP contribution in [0, 0.1) is 5.92 Å². The third-order valence-corrected chi connectivity index (χ3v) is 5.51. The second-order valence-corrected chi connectivity index (χ2v) is 6.79. The van der Waals surface area contributed by atoms with Gasteiger partial charge in [-0.1, -0.05) is 25.5 Å². The molecule has 2 aliphatic rings. The molecule has 1 aliphatic heterocycles. The average Bonchev–Trinajstić information content (AvgIpc) is 2.86. The SMILES string of the molecule is CCCC1C[C@@H]2c3cccc4[nH]cc(c34)C[C@H]2N(C)C1. The van der Waals surface area contributed by atoms with E-state index in [1.54, 1.807) is 5.56 Å². The van der Waals surface area contributed by atoms with Crippen molar-refractivity contribution in [3.63, 3.8) is 0 Å². The third-order valence-electron chi connectivity index (χ3n) is 5.51. The van der Waals surface area contributed by atoms with Gasteiger partial charge in [-0.05, 0) is 49.4 Å². The molecule has 0 radical (unpaired) electrons. The number of hydrogen-bond donors (Lipinski definition) is 1. The number of H-pyrrole nitrogens is 1. The maximum Gasteiger partial charge on any atom is 0.0459 e. The first-order valence-electron chi connectivity index (χ1n) is 8.07. The van der Waals surface area contributed by atoms with Gasteiger partial charge in [0.15, 0.2) is 0 Å². The van der Waals surface area contributed by atoms with E-state index < -0.39 is 0 Å². The number of fused-ring (bicyclic) bond motifs is 2. The molecule has 1 aliphatic carbocycles. The fourth-order valence-corrected chi connectivity index (χ4v) is 4.67. The van der Waals surface area contributed by atoms with Crippen molar-refractivity contribution >= 4 is 10.9 Å². The minimum Gasteiger partial charge on any atom is -0.361 e. The van der Waals surface area contributed by atoms with E-state index in [0.29, 0.717) is 6.04 Å². The lowest BCUT2D eigenvalue weighted by Gasteiger charge is -2.45. The molecule has 1 unspecified atom stereocenters. The van der Waals surface area contributed by atoms with E-state index in [1.807, 2.05) is 0 Å². The van der Waals surface area contributed by atoms with E-state index in [9.17, 15) is 0 Å². The molecule has 1 aromatic heterocycles. The van der Waals surface area contributed by atoms with Crippen LogP contribution in [-0.4, -0.2) is 29.5 Å². The second-order valence-electron chi connectivity index (χ2n) is 6.79. The molecular formula is C18H24N2. The number of rotatable bonds is 2. The van der Waals surface area contributed by atoms with Crippen LogP contribution in [-0.2, 0) is 6.42 Å². The molecule has 3 atom stereocenters. The van der Waals surface area contributed by atoms with Crippen molar-refractivity contribution in [1.82, 2.24) is 9.88 Å². The van der Waals surface area contributed by atoms with Gasteiger partial charge in [0.05, 0.1) is 0 Å². The van der Waals surface area contributed by atoms with Crippen molar-refractivity contribution in [3.8, 4) is 0 Å². The Morgan fingerprint density at radius 2 is 2.25 bits per heavy atom. The summed E-state index contributed by atoms with van der Waals surface area (Å²) in [5.41, 5.74) is 4.46. The van der Waals surface area contributed by atoms with Crippen LogP contribution in [0.1, 0.15) is 43.2 Å². The zero-order chi connectivity index (χ0) is 13.7. The summed E-state index contributed by atoms with van der Waals surface area (Å²) in [7, 11) is 2.33. The molecule has 106 valence electrons. The van der Waals surface area contributed by atoms with Crippen LogP contribution < -0.4 is 0 Å². The van der Waals surface area contributed by atoms with Gasteiger partial charge < -0.3 is 9.88 Å². The Bertz CT molecular complexity index is 627. The van der Waals surface area contributed by atoms with Gasteiger partial charge in [-0.3, -0.25) is 0 Å². The molecule has 1 aromatic carbocycles. The lowest BCUT2D eigenvalue weighted by Crippen LogP contribution is -2.47. The van der Waals surface area contributed by atoms with E-state index in [4.69, 9.17) is 0 Å². The molecule has 1 fully saturated rings. The predicted molar refractivity (Wildman–Crippen MR) is 84.2 cm³/mol. The summed E-state index contributed by atoms with van der Waals surface area (Å²) in [6.45, 7) is 3.60. The minimum absolute atomic E-state index is 0.706. The van der Waals surface area contributed by atoms with Gasteiger partial charge in [-0.2, -0.15) is 0 Å². The highest BCUT2D eigenvalue weighted by atomic mass is 15.1. The Hall–Kier alpha value is -1.28. The van der Waals surface area contributed by atoms with Crippen molar-refractivity contribution in [2.24, 2.45) is 5.92 Å². The quantitative estimate of drug-likeness (QED) is 0.874. The van der Waals surface area contributed by atoms with Gasteiger partial charge >= 0.3 is 0 Å². The summed E-state index contributed by atoms with van der Waals surface area (Å²) in [4.78, 5) is 6.09. The molecule has 2 heterocycles. The van der Waals surface area contributed by atoms with Crippen molar-refractivity contribution in [2.75, 3.05) is 13.6 Å². The normalized spacial score (nSPS) is 29.6. The van der Waals surface area contributed by atoms with Crippen molar-refractivity contribution < 1.29 is 0 Å².